The average Bonchev–Trinajstić information content (AvgIpc) is 3.18. The van der Waals surface area contributed by atoms with Gasteiger partial charge in [0.1, 0.15) is 11.6 Å². The van der Waals surface area contributed by atoms with Crippen LogP contribution in [0.5, 0.6) is 0 Å². The molecule has 0 unspecified atom stereocenters. The predicted octanol–water partition coefficient (Wildman–Crippen LogP) is 3.64. The Morgan fingerprint density at radius 2 is 2.09 bits per heavy atom. The van der Waals surface area contributed by atoms with Gasteiger partial charge in [0.25, 0.3) is 6.43 Å². The number of nitrogens with zero attached hydrogens (tertiary/aromatic N) is 5. The van der Waals surface area contributed by atoms with Crippen LogP contribution in [0.1, 0.15) is 47.9 Å². The minimum absolute atomic E-state index is 0. The molecule has 3 aromatic heterocycles. The summed E-state index contributed by atoms with van der Waals surface area (Å²) in [5.74, 6) is 0.207. The van der Waals surface area contributed by atoms with Crippen LogP contribution in [0.4, 0.5) is 18.9 Å². The highest BCUT2D eigenvalue weighted by Crippen LogP contribution is 2.38. The molecule has 5 rings (SSSR count). The molecule has 2 fully saturated rings. The van der Waals surface area contributed by atoms with Crippen LogP contribution in [0.2, 0.25) is 0 Å². The van der Waals surface area contributed by atoms with Gasteiger partial charge in [0.05, 0.1) is 23.4 Å². The van der Waals surface area contributed by atoms with Crippen molar-refractivity contribution in [3.8, 4) is 10.8 Å². The highest BCUT2D eigenvalue weighted by molar-refractivity contribution is 7.89. The van der Waals surface area contributed by atoms with Gasteiger partial charge in [0.2, 0.25) is 10.0 Å². The number of fused-ring (bicyclic) bond motifs is 1. The van der Waals surface area contributed by atoms with E-state index in [0.29, 0.717) is 29.1 Å². The van der Waals surface area contributed by atoms with Crippen LogP contribution in [0.15, 0.2) is 23.4 Å². The van der Waals surface area contributed by atoms with Crippen LogP contribution in [0.3, 0.4) is 0 Å². The molecule has 0 spiro atoms. The number of hydrogen-bond donors (Lipinski definition) is 2. The number of alkyl halides is 3. The van der Waals surface area contributed by atoms with Gasteiger partial charge in [-0.15, -0.1) is 10.2 Å². The molecule has 14 heteroatoms. The van der Waals surface area contributed by atoms with E-state index in [9.17, 15) is 21.6 Å². The van der Waals surface area contributed by atoms with Crippen molar-refractivity contribution < 1.29 is 24.4 Å². The summed E-state index contributed by atoms with van der Waals surface area (Å²) in [6, 6.07) is 0.803. The number of nitrogens with one attached hydrogen (secondary N) is 2. The minimum atomic E-state index is -3.91. The largest absolute Gasteiger partial charge is 0.364 e. The van der Waals surface area contributed by atoms with Crippen molar-refractivity contribution in [3.05, 3.63) is 23.5 Å². The van der Waals surface area contributed by atoms with Crippen LogP contribution in [0.25, 0.3) is 16.3 Å². The molecule has 0 amide bonds. The van der Waals surface area contributed by atoms with E-state index in [-0.39, 0.29) is 30.7 Å². The lowest BCUT2D eigenvalue weighted by Gasteiger charge is -2.44. The van der Waals surface area contributed by atoms with Crippen molar-refractivity contribution in [2.75, 3.05) is 18.1 Å². The van der Waals surface area contributed by atoms with Gasteiger partial charge in [-0.2, -0.15) is 0 Å². The average molecular weight is 534 g/mol. The maximum Gasteiger partial charge on any atom is 0.291 e. The highest BCUT2D eigenvalue weighted by Gasteiger charge is 2.42. The molecule has 1 aliphatic carbocycles. The molecular formula is C21H30F3N7O2S2. The number of imidazole rings is 1. The zero-order valence-electron chi connectivity index (χ0n) is 19.4. The van der Waals surface area contributed by atoms with E-state index >= 15 is 0 Å². The lowest BCUT2D eigenvalue weighted by molar-refractivity contribution is 0.150. The van der Waals surface area contributed by atoms with Crippen LogP contribution >= 0.6 is 11.3 Å². The fourth-order valence-corrected chi connectivity index (χ4v) is 6.58. The molecule has 1 saturated carbocycles. The topological polar surface area (TPSA) is 105 Å². The lowest BCUT2D eigenvalue weighted by atomic mass is 10.0. The Kier molecular flexibility index (Phi) is 6.05. The first-order chi connectivity index (χ1) is 16.5. The molecule has 3 aromatic rings. The number of piperazine rings is 1. The second-order valence-electron chi connectivity index (χ2n) is 9.53. The Morgan fingerprint density at radius 1 is 1.34 bits per heavy atom. The molecule has 194 valence electrons. The van der Waals surface area contributed by atoms with Gasteiger partial charge in [-0.25, -0.2) is 31.3 Å². The van der Waals surface area contributed by atoms with Crippen molar-refractivity contribution in [1.82, 2.24) is 29.6 Å². The summed E-state index contributed by atoms with van der Waals surface area (Å²) >= 11 is 0.699. The van der Waals surface area contributed by atoms with E-state index in [1.807, 2.05) is 25.7 Å². The van der Waals surface area contributed by atoms with E-state index in [1.165, 1.54) is 6.20 Å². The van der Waals surface area contributed by atoms with E-state index in [0.717, 1.165) is 12.8 Å². The third-order valence-corrected chi connectivity index (χ3v) is 9.15. The molecule has 0 bridgehead atoms. The Morgan fingerprint density at radius 3 is 2.71 bits per heavy atom. The van der Waals surface area contributed by atoms with Crippen molar-refractivity contribution in [3.63, 3.8) is 0 Å². The Hall–Kier alpha value is -2.29. The number of sulfonamides is 1. The van der Waals surface area contributed by atoms with E-state index in [1.54, 1.807) is 16.7 Å². The number of halogens is 3. The molecule has 1 aliphatic heterocycles. The van der Waals surface area contributed by atoms with E-state index in [4.69, 9.17) is 0 Å². The monoisotopic (exact) mass is 533 g/mol. The standard InChI is InChI=1S/C21H26F3N7O2S2.2H2/c1-11-9-30(12(2)14(7-22)26-11)15-6-13(35(32,33)29-21(3)4-5-21)10-31-16(15)8-25-18(31)20-28-27-19(34-20)17(23)24;;/h6,8,10-12,14,17,26,29H,4-5,7,9H2,1-3H3;2*1H/t11-,12-,14+;;/m0../s1. The minimum Gasteiger partial charge on any atom is -0.364 e. The van der Waals surface area contributed by atoms with Crippen molar-refractivity contribution >= 4 is 32.6 Å². The first-order valence-corrected chi connectivity index (χ1v) is 13.6. The molecule has 4 heterocycles. The first kappa shape index (κ1) is 24.4. The predicted molar refractivity (Wildman–Crippen MR) is 130 cm³/mol. The molecule has 2 N–H and O–H groups in total. The summed E-state index contributed by atoms with van der Waals surface area (Å²) in [5.41, 5.74) is 0.627. The van der Waals surface area contributed by atoms with Gasteiger partial charge >= 0.3 is 0 Å². The van der Waals surface area contributed by atoms with Crippen LogP contribution in [-0.4, -0.2) is 64.9 Å². The number of pyridine rings is 1. The Bertz CT molecular complexity index is 1370. The van der Waals surface area contributed by atoms with Gasteiger partial charge in [-0.1, -0.05) is 11.3 Å². The van der Waals surface area contributed by atoms with Gasteiger partial charge < -0.3 is 10.2 Å². The fraction of sp³-hybridized carbons (Fsp3) is 0.571. The van der Waals surface area contributed by atoms with E-state index < -0.39 is 39.7 Å². The summed E-state index contributed by atoms with van der Waals surface area (Å²) in [5, 5.41) is 10.3. The number of rotatable bonds is 7. The van der Waals surface area contributed by atoms with Crippen LogP contribution < -0.4 is 14.9 Å². The molecule has 1 saturated heterocycles. The van der Waals surface area contributed by atoms with Crippen LogP contribution in [-0.2, 0) is 10.0 Å². The Labute approximate surface area is 207 Å². The summed E-state index contributed by atoms with van der Waals surface area (Å²) in [6.07, 6.45) is 1.67. The van der Waals surface area contributed by atoms with Crippen LogP contribution in [0, 0.1) is 0 Å². The molecular weight excluding hydrogens is 503 g/mol. The maximum absolute atomic E-state index is 13.8. The normalized spacial score (nSPS) is 24.4. The lowest BCUT2D eigenvalue weighted by Crippen LogP contribution is -2.61. The van der Waals surface area contributed by atoms with Gasteiger partial charge in [0, 0.05) is 33.2 Å². The molecule has 9 nitrogen and oxygen atoms in total. The summed E-state index contributed by atoms with van der Waals surface area (Å²) in [7, 11) is -3.91. The number of aromatic nitrogens is 4. The quantitative estimate of drug-likeness (QED) is 0.478. The first-order valence-electron chi connectivity index (χ1n) is 11.3. The SMILES string of the molecule is C[C@H]1CN(c2cc(S(=O)(=O)NC3(C)CC3)cn3c(-c4nnc(C(F)F)s4)ncc23)[C@@H](C)[C@@H](CF)N1.[HH].[HH]. The summed E-state index contributed by atoms with van der Waals surface area (Å²) in [6.45, 7) is 5.58. The second kappa shape index (κ2) is 8.68. The Balaban J connectivity index is 0.00000190. The molecule has 2 aliphatic rings. The van der Waals surface area contributed by atoms with Gasteiger partial charge in [-0.3, -0.25) is 4.40 Å². The smallest absolute Gasteiger partial charge is 0.291 e. The molecule has 3 atom stereocenters. The number of hydrogen-bond acceptors (Lipinski definition) is 8. The molecule has 35 heavy (non-hydrogen) atoms. The third-order valence-electron chi connectivity index (χ3n) is 6.62. The number of anilines is 1. The van der Waals surface area contributed by atoms with Crippen molar-refractivity contribution in [2.24, 2.45) is 0 Å². The summed E-state index contributed by atoms with van der Waals surface area (Å²) < 4.78 is 71.0. The zero-order valence-corrected chi connectivity index (χ0v) is 21.0. The fourth-order valence-electron chi connectivity index (χ4n) is 4.40. The zero-order chi connectivity index (χ0) is 25.1. The van der Waals surface area contributed by atoms with E-state index in [2.05, 4.69) is 25.2 Å². The summed E-state index contributed by atoms with van der Waals surface area (Å²) in [4.78, 5) is 6.35. The molecule has 0 aromatic carbocycles. The maximum atomic E-state index is 13.8. The second-order valence-corrected chi connectivity index (χ2v) is 12.2. The highest BCUT2D eigenvalue weighted by atomic mass is 32.2. The van der Waals surface area contributed by atoms with Crippen molar-refractivity contribution in [1.29, 1.82) is 0 Å². The van der Waals surface area contributed by atoms with Crippen molar-refractivity contribution in [2.45, 2.75) is 68.6 Å². The third kappa shape index (κ3) is 4.52. The molecule has 0 radical (unpaired) electrons. The van der Waals surface area contributed by atoms with Gasteiger partial charge in [0.15, 0.2) is 15.8 Å². The van der Waals surface area contributed by atoms with Gasteiger partial charge in [-0.05, 0) is 39.7 Å².